The Kier molecular flexibility index (Phi) is 3.24. The molecule has 2 aromatic rings. The van der Waals surface area contributed by atoms with Gasteiger partial charge < -0.3 is 4.79 Å². The van der Waals surface area contributed by atoms with Crippen LogP contribution in [0.4, 0.5) is 0 Å². The molecule has 3 nitrogen and oxygen atoms in total. The van der Waals surface area contributed by atoms with Crippen LogP contribution in [0.2, 0.25) is 0 Å². The third kappa shape index (κ3) is 2.45. The van der Waals surface area contributed by atoms with Gasteiger partial charge in [0.2, 0.25) is 0 Å². The smallest absolute Gasteiger partial charge is 0.141 e. The predicted molar refractivity (Wildman–Crippen MR) is 71.3 cm³/mol. The van der Waals surface area contributed by atoms with Crippen molar-refractivity contribution in [1.29, 1.82) is 0 Å². The summed E-state index contributed by atoms with van der Waals surface area (Å²) in [5, 5.41) is 0. The quantitative estimate of drug-likeness (QED) is 0.775. The van der Waals surface area contributed by atoms with Crippen molar-refractivity contribution in [2.24, 2.45) is 0 Å². The van der Waals surface area contributed by atoms with Crippen molar-refractivity contribution < 1.29 is 4.79 Å². The number of aromatic nitrogens is 2. The van der Waals surface area contributed by atoms with Gasteiger partial charge >= 0.3 is 0 Å². The van der Waals surface area contributed by atoms with E-state index in [0.29, 0.717) is 5.82 Å². The molecule has 0 N–H and O–H groups in total. The zero-order chi connectivity index (χ0) is 13.2. The van der Waals surface area contributed by atoms with E-state index < -0.39 is 5.41 Å². The van der Waals surface area contributed by atoms with E-state index in [-0.39, 0.29) is 0 Å². The molecule has 1 aromatic heterocycles. The molecule has 0 spiro atoms. The van der Waals surface area contributed by atoms with Crippen molar-refractivity contribution in [2.75, 3.05) is 0 Å². The summed E-state index contributed by atoms with van der Waals surface area (Å²) in [6.07, 6.45) is 0.885. The van der Waals surface area contributed by atoms with Crippen LogP contribution in [-0.2, 0) is 10.2 Å². The summed E-state index contributed by atoms with van der Waals surface area (Å²) in [4.78, 5) is 20.0. The molecule has 1 heterocycles. The van der Waals surface area contributed by atoms with E-state index in [1.54, 1.807) is 0 Å². The lowest BCUT2D eigenvalue weighted by atomic mass is 9.94. The fraction of sp³-hybridized carbons (Fsp3) is 0.267. The van der Waals surface area contributed by atoms with Crippen molar-refractivity contribution >= 4 is 6.29 Å². The second-order valence-electron chi connectivity index (χ2n) is 4.92. The van der Waals surface area contributed by atoms with Gasteiger partial charge in [0.05, 0.1) is 11.1 Å². The monoisotopic (exact) mass is 240 g/mol. The largest absolute Gasteiger partial charge is 0.302 e. The van der Waals surface area contributed by atoms with Gasteiger partial charge in [-0.1, -0.05) is 30.3 Å². The topological polar surface area (TPSA) is 42.9 Å². The molecule has 0 saturated carbocycles. The van der Waals surface area contributed by atoms with Crippen LogP contribution in [-0.4, -0.2) is 16.3 Å². The van der Waals surface area contributed by atoms with Gasteiger partial charge in [-0.25, -0.2) is 9.97 Å². The summed E-state index contributed by atoms with van der Waals surface area (Å²) in [5.74, 6) is 0.566. The summed E-state index contributed by atoms with van der Waals surface area (Å²) in [5.41, 5.74) is 2.10. The molecule has 18 heavy (non-hydrogen) atoms. The average Bonchev–Trinajstić information content (AvgIpc) is 2.39. The number of benzene rings is 1. The van der Waals surface area contributed by atoms with E-state index >= 15 is 0 Å². The van der Waals surface area contributed by atoms with E-state index in [9.17, 15) is 4.79 Å². The maximum absolute atomic E-state index is 11.1. The first-order valence-electron chi connectivity index (χ1n) is 5.91. The molecule has 0 aliphatic rings. The van der Waals surface area contributed by atoms with E-state index in [2.05, 4.69) is 9.97 Å². The molecule has 2 rings (SSSR count). The average molecular weight is 240 g/mol. The maximum atomic E-state index is 11.1. The van der Waals surface area contributed by atoms with Crippen LogP contribution in [0.25, 0.3) is 11.3 Å². The van der Waals surface area contributed by atoms with Gasteiger partial charge in [-0.15, -0.1) is 0 Å². The fourth-order valence-electron chi connectivity index (χ4n) is 1.67. The van der Waals surface area contributed by atoms with Crippen molar-refractivity contribution in [3.63, 3.8) is 0 Å². The maximum Gasteiger partial charge on any atom is 0.141 e. The fourth-order valence-corrected chi connectivity index (χ4v) is 1.67. The minimum Gasteiger partial charge on any atom is -0.302 e. The number of rotatable bonds is 3. The molecule has 0 unspecified atom stereocenters. The number of nitrogens with zero attached hydrogens (tertiary/aromatic N) is 2. The Labute approximate surface area is 107 Å². The summed E-state index contributed by atoms with van der Waals surface area (Å²) < 4.78 is 0. The molecule has 0 aliphatic heterocycles. The first kappa shape index (κ1) is 12.4. The molecule has 1 aromatic carbocycles. The Morgan fingerprint density at radius 2 is 1.78 bits per heavy atom. The molecular weight excluding hydrogens is 224 g/mol. The molecule has 92 valence electrons. The van der Waals surface area contributed by atoms with Crippen molar-refractivity contribution in [2.45, 2.75) is 26.2 Å². The van der Waals surface area contributed by atoms with Gasteiger partial charge in [-0.2, -0.15) is 0 Å². The zero-order valence-electron chi connectivity index (χ0n) is 10.8. The Balaban J connectivity index is 2.55. The van der Waals surface area contributed by atoms with Crippen LogP contribution in [0, 0.1) is 6.92 Å². The Morgan fingerprint density at radius 3 is 2.39 bits per heavy atom. The number of carbonyl (C=O) groups is 1. The first-order valence-corrected chi connectivity index (χ1v) is 5.91. The molecule has 0 atom stereocenters. The molecule has 0 fully saturated rings. The molecular formula is C15H16N2O. The van der Waals surface area contributed by atoms with Gasteiger partial charge in [0, 0.05) is 11.3 Å². The van der Waals surface area contributed by atoms with Crippen LogP contribution in [0.5, 0.6) is 0 Å². The normalized spacial score (nSPS) is 11.3. The van der Waals surface area contributed by atoms with Crippen LogP contribution >= 0.6 is 0 Å². The lowest BCUT2D eigenvalue weighted by Crippen LogP contribution is -2.23. The van der Waals surface area contributed by atoms with Crippen molar-refractivity contribution in [3.8, 4) is 11.3 Å². The third-order valence-electron chi connectivity index (χ3n) is 2.79. The lowest BCUT2D eigenvalue weighted by Gasteiger charge is -2.16. The standard InChI is InChI=1S/C15H16N2O/c1-11-9-13(12-7-5-4-6-8-12)17-14(16-11)15(2,3)10-18/h4-10H,1-3H3. The summed E-state index contributed by atoms with van der Waals surface area (Å²) in [6.45, 7) is 5.56. The Morgan fingerprint density at radius 1 is 1.11 bits per heavy atom. The summed E-state index contributed by atoms with van der Waals surface area (Å²) in [7, 11) is 0. The molecule has 0 amide bonds. The van der Waals surface area contributed by atoms with Crippen LogP contribution in [0.15, 0.2) is 36.4 Å². The van der Waals surface area contributed by atoms with Crippen LogP contribution < -0.4 is 0 Å². The van der Waals surface area contributed by atoms with E-state index in [4.69, 9.17) is 0 Å². The minimum atomic E-state index is -0.657. The van der Waals surface area contributed by atoms with Crippen LogP contribution in [0.1, 0.15) is 25.4 Å². The molecule has 0 saturated heterocycles. The molecule has 3 heteroatoms. The van der Waals surface area contributed by atoms with Gasteiger partial charge in [-0.3, -0.25) is 0 Å². The Hall–Kier alpha value is -2.03. The number of hydrogen-bond acceptors (Lipinski definition) is 3. The molecule has 0 aliphatic carbocycles. The zero-order valence-corrected chi connectivity index (χ0v) is 10.8. The third-order valence-corrected chi connectivity index (χ3v) is 2.79. The molecule has 0 radical (unpaired) electrons. The van der Waals surface area contributed by atoms with E-state index in [0.717, 1.165) is 23.2 Å². The van der Waals surface area contributed by atoms with Gasteiger partial charge in [0.1, 0.15) is 12.1 Å². The second-order valence-corrected chi connectivity index (χ2v) is 4.92. The summed E-state index contributed by atoms with van der Waals surface area (Å²) >= 11 is 0. The Bertz CT molecular complexity index is 562. The van der Waals surface area contributed by atoms with Gasteiger partial charge in [0.25, 0.3) is 0 Å². The highest BCUT2D eigenvalue weighted by atomic mass is 16.1. The molecule has 0 bridgehead atoms. The van der Waals surface area contributed by atoms with Crippen molar-refractivity contribution in [3.05, 3.63) is 47.9 Å². The van der Waals surface area contributed by atoms with Gasteiger partial charge in [0.15, 0.2) is 0 Å². The summed E-state index contributed by atoms with van der Waals surface area (Å²) in [6, 6.07) is 11.8. The minimum absolute atomic E-state index is 0.566. The number of carbonyl (C=O) groups excluding carboxylic acids is 1. The predicted octanol–water partition coefficient (Wildman–Crippen LogP) is 2.93. The highest BCUT2D eigenvalue weighted by molar-refractivity contribution is 5.66. The highest BCUT2D eigenvalue weighted by Gasteiger charge is 2.24. The lowest BCUT2D eigenvalue weighted by molar-refractivity contribution is -0.111. The van der Waals surface area contributed by atoms with Crippen molar-refractivity contribution in [1.82, 2.24) is 9.97 Å². The number of aryl methyl sites for hydroxylation is 1. The van der Waals surface area contributed by atoms with Gasteiger partial charge in [-0.05, 0) is 26.8 Å². The van der Waals surface area contributed by atoms with E-state index in [1.807, 2.05) is 57.2 Å². The SMILES string of the molecule is Cc1cc(-c2ccccc2)nc(C(C)(C)C=O)n1. The first-order chi connectivity index (χ1) is 8.53. The van der Waals surface area contributed by atoms with Crippen LogP contribution in [0.3, 0.4) is 0 Å². The van der Waals surface area contributed by atoms with E-state index in [1.165, 1.54) is 0 Å². The highest BCUT2D eigenvalue weighted by Crippen LogP contribution is 2.22. The second kappa shape index (κ2) is 4.69. The number of hydrogen-bond donors (Lipinski definition) is 0. The number of aldehydes is 1.